The van der Waals surface area contributed by atoms with Crippen LogP contribution in [-0.4, -0.2) is 36.0 Å². The van der Waals surface area contributed by atoms with Crippen molar-refractivity contribution in [2.45, 2.75) is 37.9 Å². The SMILES string of the molecule is CN1CCC(NC(C(N)=O)c2ccc(Cl)cc2)C1(C)C. The highest BCUT2D eigenvalue weighted by Gasteiger charge is 2.40. The van der Waals surface area contributed by atoms with Gasteiger partial charge in [0.15, 0.2) is 0 Å². The van der Waals surface area contributed by atoms with Crippen molar-refractivity contribution in [2.24, 2.45) is 5.73 Å². The van der Waals surface area contributed by atoms with E-state index in [1.54, 1.807) is 12.1 Å². The lowest BCUT2D eigenvalue weighted by atomic mass is 9.94. The molecule has 4 nitrogen and oxygen atoms in total. The first-order chi connectivity index (χ1) is 9.32. The van der Waals surface area contributed by atoms with Gasteiger partial charge in [0, 0.05) is 16.6 Å². The van der Waals surface area contributed by atoms with Crippen molar-refractivity contribution in [3.8, 4) is 0 Å². The molecule has 0 spiro atoms. The standard InChI is InChI=1S/C15H22ClN3O/c1-15(2)12(8-9-19(15)3)18-13(14(17)20)10-4-6-11(16)7-5-10/h4-7,12-13,18H,8-9H2,1-3H3,(H2,17,20). The molecule has 1 fully saturated rings. The molecule has 1 saturated heterocycles. The molecule has 0 aromatic heterocycles. The van der Waals surface area contributed by atoms with Crippen LogP contribution in [0.2, 0.25) is 5.02 Å². The number of nitrogens with two attached hydrogens (primary N) is 1. The molecule has 110 valence electrons. The van der Waals surface area contributed by atoms with Crippen LogP contribution < -0.4 is 11.1 Å². The Bertz CT molecular complexity index is 486. The van der Waals surface area contributed by atoms with E-state index >= 15 is 0 Å². The van der Waals surface area contributed by atoms with Crippen molar-refractivity contribution in [2.75, 3.05) is 13.6 Å². The lowest BCUT2D eigenvalue weighted by Crippen LogP contribution is -2.52. The Morgan fingerprint density at radius 2 is 2.05 bits per heavy atom. The van der Waals surface area contributed by atoms with Crippen molar-refractivity contribution >= 4 is 17.5 Å². The zero-order valence-corrected chi connectivity index (χ0v) is 12.9. The van der Waals surface area contributed by atoms with E-state index in [2.05, 4.69) is 31.1 Å². The molecule has 1 aliphatic rings. The van der Waals surface area contributed by atoms with E-state index in [1.807, 2.05) is 12.1 Å². The predicted octanol–water partition coefficient (Wildman–Crippen LogP) is 1.94. The van der Waals surface area contributed by atoms with Gasteiger partial charge >= 0.3 is 0 Å². The first-order valence-electron chi connectivity index (χ1n) is 6.84. The molecule has 3 N–H and O–H groups in total. The third-order valence-electron chi connectivity index (χ3n) is 4.45. The largest absolute Gasteiger partial charge is 0.368 e. The lowest BCUT2D eigenvalue weighted by molar-refractivity contribution is -0.120. The number of primary amides is 1. The average molecular weight is 296 g/mol. The van der Waals surface area contributed by atoms with Crippen molar-refractivity contribution < 1.29 is 4.79 Å². The van der Waals surface area contributed by atoms with Gasteiger partial charge in [-0.2, -0.15) is 0 Å². The number of carbonyl (C=O) groups is 1. The van der Waals surface area contributed by atoms with Crippen LogP contribution in [0, 0.1) is 0 Å². The first kappa shape index (κ1) is 15.3. The van der Waals surface area contributed by atoms with Gasteiger partial charge in [0.25, 0.3) is 0 Å². The van der Waals surface area contributed by atoms with E-state index in [4.69, 9.17) is 17.3 Å². The molecule has 0 saturated carbocycles. The van der Waals surface area contributed by atoms with Crippen LogP contribution in [0.1, 0.15) is 31.9 Å². The molecule has 2 atom stereocenters. The highest BCUT2D eigenvalue weighted by molar-refractivity contribution is 6.30. The molecule has 0 radical (unpaired) electrons. The Morgan fingerprint density at radius 3 is 2.50 bits per heavy atom. The monoisotopic (exact) mass is 295 g/mol. The van der Waals surface area contributed by atoms with Gasteiger partial charge in [-0.15, -0.1) is 0 Å². The molecule has 1 amide bonds. The van der Waals surface area contributed by atoms with Gasteiger partial charge in [-0.05, 0) is 51.6 Å². The van der Waals surface area contributed by atoms with Gasteiger partial charge in [-0.3, -0.25) is 15.0 Å². The number of hydrogen-bond acceptors (Lipinski definition) is 3. The van der Waals surface area contributed by atoms with Gasteiger partial charge in [0.2, 0.25) is 5.91 Å². The average Bonchev–Trinajstić information content (AvgIpc) is 2.63. The molecule has 1 aliphatic heterocycles. The summed E-state index contributed by atoms with van der Waals surface area (Å²) in [4.78, 5) is 14.1. The summed E-state index contributed by atoms with van der Waals surface area (Å²) in [6.45, 7) is 5.37. The normalized spacial score (nSPS) is 23.7. The van der Waals surface area contributed by atoms with E-state index in [-0.39, 0.29) is 17.5 Å². The van der Waals surface area contributed by atoms with Crippen LogP contribution in [0.15, 0.2) is 24.3 Å². The van der Waals surface area contributed by atoms with Crippen LogP contribution >= 0.6 is 11.6 Å². The summed E-state index contributed by atoms with van der Waals surface area (Å²) in [5.41, 5.74) is 6.41. The van der Waals surface area contributed by atoms with Crippen LogP contribution in [0.3, 0.4) is 0 Å². The van der Waals surface area contributed by atoms with Crippen molar-refractivity contribution in [3.05, 3.63) is 34.9 Å². The Balaban J connectivity index is 2.19. The fraction of sp³-hybridized carbons (Fsp3) is 0.533. The number of nitrogens with one attached hydrogen (secondary N) is 1. The Labute approximate surface area is 125 Å². The summed E-state index contributed by atoms with van der Waals surface area (Å²) < 4.78 is 0. The number of amides is 1. The minimum absolute atomic E-state index is 0.000124. The summed E-state index contributed by atoms with van der Waals surface area (Å²) >= 11 is 5.89. The van der Waals surface area contributed by atoms with Crippen LogP contribution in [0.5, 0.6) is 0 Å². The molecule has 1 aromatic carbocycles. The van der Waals surface area contributed by atoms with Gasteiger partial charge < -0.3 is 5.73 Å². The summed E-state index contributed by atoms with van der Waals surface area (Å²) in [5, 5.41) is 4.06. The quantitative estimate of drug-likeness (QED) is 0.892. The number of rotatable bonds is 4. The topological polar surface area (TPSA) is 58.4 Å². The van der Waals surface area contributed by atoms with Crippen LogP contribution in [-0.2, 0) is 4.79 Å². The van der Waals surface area contributed by atoms with Crippen molar-refractivity contribution in [1.82, 2.24) is 10.2 Å². The number of benzene rings is 1. The fourth-order valence-corrected chi connectivity index (χ4v) is 2.84. The van der Waals surface area contributed by atoms with Gasteiger partial charge in [-0.1, -0.05) is 23.7 Å². The highest BCUT2D eigenvalue weighted by Crippen LogP contribution is 2.29. The maximum absolute atomic E-state index is 11.8. The zero-order valence-electron chi connectivity index (χ0n) is 12.2. The van der Waals surface area contributed by atoms with E-state index in [0.717, 1.165) is 18.5 Å². The number of halogens is 1. The minimum atomic E-state index is -0.483. The number of likely N-dealkylation sites (N-methyl/N-ethyl adjacent to an activating group) is 1. The van der Waals surface area contributed by atoms with E-state index in [9.17, 15) is 4.79 Å². The number of carbonyl (C=O) groups excluding carboxylic acids is 1. The maximum atomic E-state index is 11.8. The van der Waals surface area contributed by atoms with Gasteiger partial charge in [0.1, 0.15) is 6.04 Å². The molecular formula is C15H22ClN3O. The van der Waals surface area contributed by atoms with Crippen molar-refractivity contribution in [3.63, 3.8) is 0 Å². The Morgan fingerprint density at radius 1 is 1.45 bits per heavy atom. The number of nitrogens with zero attached hydrogens (tertiary/aromatic N) is 1. The zero-order chi connectivity index (χ0) is 14.9. The van der Waals surface area contributed by atoms with Gasteiger partial charge in [0.05, 0.1) is 0 Å². The Hall–Kier alpha value is -1.10. The second kappa shape index (κ2) is 5.72. The van der Waals surface area contributed by atoms with Crippen LogP contribution in [0.4, 0.5) is 0 Å². The Kier molecular flexibility index (Phi) is 4.37. The second-order valence-corrected chi connectivity index (χ2v) is 6.41. The van der Waals surface area contributed by atoms with E-state index in [1.165, 1.54) is 0 Å². The fourth-order valence-electron chi connectivity index (χ4n) is 2.72. The third kappa shape index (κ3) is 2.97. The number of hydrogen-bond donors (Lipinski definition) is 2. The van der Waals surface area contributed by atoms with E-state index in [0.29, 0.717) is 5.02 Å². The molecule has 0 aliphatic carbocycles. The molecule has 2 rings (SSSR count). The summed E-state index contributed by atoms with van der Waals surface area (Å²) in [5.74, 6) is -0.363. The van der Waals surface area contributed by atoms with Crippen LogP contribution in [0.25, 0.3) is 0 Å². The molecule has 20 heavy (non-hydrogen) atoms. The predicted molar refractivity (Wildman–Crippen MR) is 81.6 cm³/mol. The second-order valence-electron chi connectivity index (χ2n) is 5.97. The highest BCUT2D eigenvalue weighted by atomic mass is 35.5. The number of likely N-dealkylation sites (tertiary alicyclic amines) is 1. The summed E-state index contributed by atoms with van der Waals surface area (Å²) in [6.07, 6.45) is 1.00. The molecular weight excluding hydrogens is 274 g/mol. The molecule has 5 heteroatoms. The smallest absolute Gasteiger partial charge is 0.239 e. The lowest BCUT2D eigenvalue weighted by Gasteiger charge is -2.35. The third-order valence-corrected chi connectivity index (χ3v) is 4.70. The maximum Gasteiger partial charge on any atom is 0.239 e. The molecule has 0 bridgehead atoms. The molecule has 2 unspecified atom stereocenters. The minimum Gasteiger partial charge on any atom is -0.368 e. The van der Waals surface area contributed by atoms with Crippen molar-refractivity contribution in [1.29, 1.82) is 0 Å². The molecule has 1 heterocycles. The summed E-state index contributed by atoms with van der Waals surface area (Å²) in [7, 11) is 2.10. The molecule has 1 aromatic rings. The van der Waals surface area contributed by atoms with E-state index < -0.39 is 6.04 Å². The first-order valence-corrected chi connectivity index (χ1v) is 7.22. The summed E-state index contributed by atoms with van der Waals surface area (Å²) in [6, 6.07) is 6.98. The van der Waals surface area contributed by atoms with Gasteiger partial charge in [-0.25, -0.2) is 0 Å².